The van der Waals surface area contributed by atoms with Crippen LogP contribution in [0.3, 0.4) is 0 Å². The molecule has 5 nitrogen and oxygen atoms in total. The van der Waals surface area contributed by atoms with Gasteiger partial charge in [-0.3, -0.25) is 4.57 Å². The molecule has 2 aromatic rings. The van der Waals surface area contributed by atoms with Gasteiger partial charge < -0.3 is 5.73 Å². The number of allylic oxidation sites excluding steroid dienone is 3. The lowest BCUT2D eigenvalue weighted by atomic mass is 9.47. The monoisotopic (exact) mass is 422 g/mol. The highest BCUT2D eigenvalue weighted by molar-refractivity contribution is 5.79. The number of nitrogens with zero attached hydrogens (tertiary/aromatic N) is 4. The maximum absolute atomic E-state index is 6.13. The number of hydrogen-bond donors (Lipinski definition) is 1. The minimum Gasteiger partial charge on any atom is -0.380 e. The second kappa shape index (κ2) is 8.07. The molecule has 0 bridgehead atoms. The highest BCUT2D eigenvalue weighted by Gasteiger charge is 2.52. The molecular weight excluding hydrogens is 382 g/mol. The van der Waals surface area contributed by atoms with Gasteiger partial charge >= 0.3 is 5.65 Å². The van der Waals surface area contributed by atoms with Crippen LogP contribution < -0.4 is 10.3 Å². The van der Waals surface area contributed by atoms with Gasteiger partial charge in [-0.2, -0.15) is 4.98 Å². The van der Waals surface area contributed by atoms with Gasteiger partial charge in [0.1, 0.15) is 0 Å². The Morgan fingerprint density at radius 3 is 2.87 bits per heavy atom. The summed E-state index contributed by atoms with van der Waals surface area (Å²) in [5, 5.41) is 0. The summed E-state index contributed by atoms with van der Waals surface area (Å²) < 4.78 is 4.16. The molecule has 2 fully saturated rings. The molecule has 3 unspecified atom stereocenters. The second-order valence-corrected chi connectivity index (χ2v) is 11.0. The van der Waals surface area contributed by atoms with Crippen molar-refractivity contribution in [1.82, 2.24) is 14.5 Å². The quantitative estimate of drug-likeness (QED) is 0.521. The number of anilines is 1. The van der Waals surface area contributed by atoms with Crippen LogP contribution >= 0.6 is 0 Å². The number of nitrogens with two attached hydrogens (primary N) is 1. The first-order valence-electron chi connectivity index (χ1n) is 11.9. The molecule has 0 radical (unpaired) electrons. The van der Waals surface area contributed by atoms with E-state index in [1.54, 1.807) is 0 Å². The number of nitrogen functional groups attached to an aromatic ring is 1. The van der Waals surface area contributed by atoms with Gasteiger partial charge in [0.05, 0.1) is 13.6 Å². The van der Waals surface area contributed by atoms with Crippen LogP contribution in [0.2, 0.25) is 0 Å². The van der Waals surface area contributed by atoms with Crippen LogP contribution in [0.5, 0.6) is 0 Å². The van der Waals surface area contributed by atoms with Gasteiger partial charge in [-0.15, -0.1) is 0 Å². The molecule has 168 valence electrons. The molecule has 2 heterocycles. The van der Waals surface area contributed by atoms with Crippen LogP contribution in [0.25, 0.3) is 11.2 Å². The number of imidazole rings is 1. The first-order valence-corrected chi connectivity index (χ1v) is 11.9. The fraction of sp³-hybridized carbons (Fsp3) is 0.654. The standard InChI is InChI=1S/C26H40N5/c1-18(12-15-31-17-30(6)24-22(31)23(27)28-16-29-24)8-10-20-19(2)9-11-21-25(3,4)13-7-14-26(20,21)5/h12,16-17,20-21H,2,7-11,13-15H2,1,3-6H3,(H2,27,28,29)/q+1/b18-12+. The number of rotatable bonds is 5. The molecule has 5 heteroatoms. The Labute approximate surface area is 187 Å². The van der Waals surface area contributed by atoms with Crippen LogP contribution in [-0.2, 0) is 13.6 Å². The summed E-state index contributed by atoms with van der Waals surface area (Å²) in [7, 11) is 2.00. The summed E-state index contributed by atoms with van der Waals surface area (Å²) >= 11 is 0. The fourth-order valence-corrected chi connectivity index (χ4v) is 6.91. The lowest BCUT2D eigenvalue weighted by Gasteiger charge is -2.58. The van der Waals surface area contributed by atoms with Gasteiger partial charge in [-0.1, -0.05) is 56.0 Å². The predicted molar refractivity (Wildman–Crippen MR) is 127 cm³/mol. The van der Waals surface area contributed by atoms with E-state index in [4.69, 9.17) is 5.73 Å². The number of hydrogen-bond acceptors (Lipinski definition) is 3. The van der Waals surface area contributed by atoms with Crippen molar-refractivity contribution in [3.05, 3.63) is 36.5 Å². The molecular formula is C26H40N5+. The van der Waals surface area contributed by atoms with Crippen molar-refractivity contribution in [2.75, 3.05) is 5.73 Å². The SMILES string of the molecule is C=C1CCC2C(C)(C)CCCC2(C)C1CC/C(C)=C/Cn1c[n+](C)c2ncnc(N)c21. The first-order chi connectivity index (χ1) is 14.6. The zero-order chi connectivity index (χ0) is 22.4. The van der Waals surface area contributed by atoms with Gasteiger partial charge in [-0.25, -0.2) is 4.57 Å². The average Bonchev–Trinajstić information content (AvgIpc) is 3.02. The van der Waals surface area contributed by atoms with E-state index < -0.39 is 0 Å². The molecule has 2 saturated carbocycles. The molecule has 0 saturated heterocycles. The zero-order valence-corrected chi connectivity index (χ0v) is 20.1. The molecule has 3 atom stereocenters. The summed E-state index contributed by atoms with van der Waals surface area (Å²) in [6, 6.07) is 0. The Morgan fingerprint density at radius 2 is 2.10 bits per heavy atom. The predicted octanol–water partition coefficient (Wildman–Crippen LogP) is 5.36. The third-order valence-electron chi connectivity index (χ3n) is 8.55. The lowest BCUT2D eigenvalue weighted by Crippen LogP contribution is -2.49. The fourth-order valence-electron chi connectivity index (χ4n) is 6.91. The van der Waals surface area contributed by atoms with Gasteiger partial charge in [0.25, 0.3) is 0 Å². The molecule has 0 aliphatic heterocycles. The van der Waals surface area contributed by atoms with Crippen molar-refractivity contribution in [3.8, 4) is 0 Å². The van der Waals surface area contributed by atoms with Crippen molar-refractivity contribution in [3.63, 3.8) is 0 Å². The molecule has 0 spiro atoms. The Morgan fingerprint density at radius 1 is 1.32 bits per heavy atom. The van der Waals surface area contributed by atoms with Gasteiger partial charge in [0.2, 0.25) is 5.52 Å². The topological polar surface area (TPSA) is 60.6 Å². The van der Waals surface area contributed by atoms with Crippen LogP contribution in [0.1, 0.15) is 72.6 Å². The molecule has 0 aromatic carbocycles. The normalized spacial score (nSPS) is 28.7. The highest BCUT2D eigenvalue weighted by Crippen LogP contribution is 2.61. The van der Waals surface area contributed by atoms with E-state index in [2.05, 4.69) is 61.2 Å². The Hall–Kier alpha value is -2.17. The number of aryl methyl sites for hydroxylation is 1. The van der Waals surface area contributed by atoms with Crippen molar-refractivity contribution in [2.24, 2.45) is 29.7 Å². The summed E-state index contributed by atoms with van der Waals surface area (Å²) in [6.45, 7) is 15.2. The minimum atomic E-state index is 0.410. The maximum atomic E-state index is 6.13. The highest BCUT2D eigenvalue weighted by atomic mass is 15.2. The van der Waals surface area contributed by atoms with Crippen molar-refractivity contribution in [1.29, 1.82) is 0 Å². The summed E-state index contributed by atoms with van der Waals surface area (Å²) in [5.74, 6) is 2.00. The third kappa shape index (κ3) is 3.92. The lowest BCUT2D eigenvalue weighted by molar-refractivity contribution is -0.647. The second-order valence-electron chi connectivity index (χ2n) is 11.0. The van der Waals surface area contributed by atoms with Crippen molar-refractivity contribution < 1.29 is 4.57 Å². The maximum Gasteiger partial charge on any atom is 0.307 e. The van der Waals surface area contributed by atoms with E-state index in [-0.39, 0.29) is 0 Å². The summed E-state index contributed by atoms with van der Waals surface area (Å²) in [4.78, 5) is 8.55. The van der Waals surface area contributed by atoms with Crippen LogP contribution in [0.4, 0.5) is 5.82 Å². The molecule has 4 rings (SSSR count). The zero-order valence-electron chi connectivity index (χ0n) is 20.1. The van der Waals surface area contributed by atoms with Gasteiger partial charge in [0.15, 0.2) is 18.5 Å². The largest absolute Gasteiger partial charge is 0.380 e. The Balaban J connectivity index is 1.47. The molecule has 31 heavy (non-hydrogen) atoms. The number of fused-ring (bicyclic) bond motifs is 2. The van der Waals surface area contributed by atoms with Crippen LogP contribution in [0.15, 0.2) is 36.5 Å². The first kappa shape index (κ1) is 22.0. The van der Waals surface area contributed by atoms with Crippen LogP contribution in [-0.4, -0.2) is 14.5 Å². The molecule has 0 amide bonds. The van der Waals surface area contributed by atoms with E-state index in [0.717, 1.165) is 30.0 Å². The minimum absolute atomic E-state index is 0.410. The van der Waals surface area contributed by atoms with Gasteiger partial charge in [0, 0.05) is 0 Å². The van der Waals surface area contributed by atoms with Crippen molar-refractivity contribution >= 4 is 17.0 Å². The van der Waals surface area contributed by atoms with E-state index in [1.165, 1.54) is 56.0 Å². The summed E-state index contributed by atoms with van der Waals surface area (Å²) in [6.07, 6.45) is 14.9. The average molecular weight is 423 g/mol. The van der Waals surface area contributed by atoms with E-state index in [9.17, 15) is 0 Å². The Bertz CT molecular complexity index is 1010. The van der Waals surface area contributed by atoms with E-state index in [1.807, 2.05) is 11.6 Å². The molecule has 2 N–H and O–H groups in total. The third-order valence-corrected chi connectivity index (χ3v) is 8.55. The van der Waals surface area contributed by atoms with E-state index in [0.29, 0.717) is 22.6 Å². The molecule has 2 aliphatic rings. The Kier molecular flexibility index (Phi) is 5.74. The molecule has 2 aliphatic carbocycles. The van der Waals surface area contributed by atoms with Gasteiger partial charge in [-0.05, 0) is 68.1 Å². The van der Waals surface area contributed by atoms with Crippen molar-refractivity contribution in [2.45, 2.75) is 79.2 Å². The van der Waals surface area contributed by atoms with E-state index >= 15 is 0 Å². The van der Waals surface area contributed by atoms with Crippen LogP contribution in [0, 0.1) is 22.7 Å². The number of aromatic nitrogens is 4. The molecule has 2 aromatic heterocycles. The smallest absolute Gasteiger partial charge is 0.307 e. The summed E-state index contributed by atoms with van der Waals surface area (Å²) in [5.41, 5.74) is 11.7.